The van der Waals surface area contributed by atoms with Gasteiger partial charge in [-0.1, -0.05) is 12.1 Å². The summed E-state index contributed by atoms with van der Waals surface area (Å²) in [6.45, 7) is 0. The van der Waals surface area contributed by atoms with E-state index in [1.54, 1.807) is 45.3 Å². The number of rotatable bonds is 6. The maximum absolute atomic E-state index is 13.5. The molecule has 216 valence electrons. The molecule has 0 aliphatic carbocycles. The van der Waals surface area contributed by atoms with E-state index in [1.807, 2.05) is 36.4 Å². The van der Waals surface area contributed by atoms with E-state index in [9.17, 15) is 16.8 Å². The molecule has 0 bridgehead atoms. The minimum absolute atomic E-state index is 0.0244. The molecule has 13 heteroatoms. The first-order valence-corrected chi connectivity index (χ1v) is 22.0. The van der Waals surface area contributed by atoms with E-state index < -0.39 is 31.2 Å². The number of fused-ring (bicyclic) bond motifs is 1. The van der Waals surface area contributed by atoms with Crippen LogP contribution >= 0.6 is 79.4 Å². The van der Waals surface area contributed by atoms with Crippen LogP contribution in [0.1, 0.15) is 0 Å². The van der Waals surface area contributed by atoms with Gasteiger partial charge in [0.15, 0.2) is 19.7 Å². The highest BCUT2D eigenvalue weighted by Crippen LogP contribution is 2.53. The molecule has 0 radical (unpaired) electrons. The van der Waals surface area contributed by atoms with Gasteiger partial charge in [0.2, 0.25) is 0 Å². The number of hydrogen-bond donors (Lipinski definition) is 0. The van der Waals surface area contributed by atoms with Crippen LogP contribution in [0.3, 0.4) is 0 Å². The summed E-state index contributed by atoms with van der Waals surface area (Å²) in [7, 11) is -7.55. The predicted octanol–water partition coefficient (Wildman–Crippen LogP) is 10.7. The highest BCUT2D eigenvalue weighted by Gasteiger charge is 2.41. The molecule has 7 aromatic rings. The summed E-state index contributed by atoms with van der Waals surface area (Å²) in [5.74, 6) is -0.787. The molecule has 1 aliphatic heterocycles. The van der Waals surface area contributed by atoms with Gasteiger partial charge in [-0.05, 0) is 71.4 Å². The van der Waals surface area contributed by atoms with E-state index in [4.69, 9.17) is 0 Å². The van der Waals surface area contributed by atoms with Crippen LogP contribution in [0.5, 0.6) is 0 Å². The number of hydrogen-bond acceptors (Lipinski definition) is 11. The van der Waals surface area contributed by atoms with Crippen molar-refractivity contribution in [3.8, 4) is 58.5 Å². The lowest BCUT2D eigenvalue weighted by Gasteiger charge is -2.15. The first-order valence-electron chi connectivity index (χ1n) is 12.9. The Bertz CT molecular complexity index is 2160. The monoisotopic (exact) mass is 730 g/mol. The van der Waals surface area contributed by atoms with Crippen molar-refractivity contribution in [3.63, 3.8) is 0 Å². The van der Waals surface area contributed by atoms with Crippen LogP contribution < -0.4 is 0 Å². The standard InChI is InChI=1S/C30H18O4S9/c31-42(32)15-16-43(33,34)30-28(26-12-10-24(40-26)22-8-6-20(38-22)18-4-2-14-36-18)41-27(29(30)42)25-11-9-23(39-25)21-7-5-19(37-21)17-3-1-13-35-17/h1-14H,15-16H2. The Labute approximate surface area is 276 Å². The van der Waals surface area contributed by atoms with Gasteiger partial charge >= 0.3 is 0 Å². The quantitative estimate of drug-likeness (QED) is 0.171. The van der Waals surface area contributed by atoms with Crippen molar-refractivity contribution in [2.45, 2.75) is 9.79 Å². The van der Waals surface area contributed by atoms with Crippen LogP contribution in [0.2, 0.25) is 0 Å². The maximum Gasteiger partial charge on any atom is 0.182 e. The Kier molecular flexibility index (Phi) is 7.04. The van der Waals surface area contributed by atoms with Crippen LogP contribution in [-0.4, -0.2) is 28.3 Å². The number of thiophene rings is 7. The summed E-state index contributed by atoms with van der Waals surface area (Å²) in [5, 5.41) is 4.12. The third-order valence-corrected chi connectivity index (χ3v) is 19.6. The molecule has 0 spiro atoms. The molecule has 0 aromatic carbocycles. The fraction of sp³-hybridized carbons (Fsp3) is 0.0667. The molecular weight excluding hydrogens is 713 g/mol. The van der Waals surface area contributed by atoms with Crippen molar-refractivity contribution in [2.24, 2.45) is 0 Å². The van der Waals surface area contributed by atoms with E-state index in [1.165, 1.54) is 53.5 Å². The van der Waals surface area contributed by atoms with Crippen LogP contribution in [0, 0.1) is 0 Å². The van der Waals surface area contributed by atoms with Gasteiger partial charge in [-0.3, -0.25) is 0 Å². The van der Waals surface area contributed by atoms with Gasteiger partial charge in [-0.2, -0.15) is 0 Å². The summed E-state index contributed by atoms with van der Waals surface area (Å²) in [6, 6.07) is 24.5. The van der Waals surface area contributed by atoms with Crippen molar-refractivity contribution in [2.75, 3.05) is 11.5 Å². The zero-order chi connectivity index (χ0) is 29.3. The Morgan fingerprint density at radius 2 is 0.721 bits per heavy atom. The fourth-order valence-corrected chi connectivity index (χ4v) is 17.9. The van der Waals surface area contributed by atoms with Crippen molar-refractivity contribution < 1.29 is 16.8 Å². The highest BCUT2D eigenvalue weighted by atomic mass is 32.2. The summed E-state index contributed by atoms with van der Waals surface area (Å²) in [6.07, 6.45) is 0. The van der Waals surface area contributed by atoms with E-state index in [-0.39, 0.29) is 9.79 Å². The molecule has 0 atom stereocenters. The lowest BCUT2D eigenvalue weighted by Crippen LogP contribution is -2.25. The molecule has 0 N–H and O–H groups in total. The van der Waals surface area contributed by atoms with E-state index in [0.29, 0.717) is 9.75 Å². The molecule has 4 nitrogen and oxygen atoms in total. The lowest BCUT2D eigenvalue weighted by molar-refractivity contribution is 0.577. The van der Waals surface area contributed by atoms with Gasteiger partial charge in [0, 0.05) is 48.8 Å². The minimum atomic E-state index is -3.78. The zero-order valence-electron chi connectivity index (χ0n) is 21.8. The second-order valence-electron chi connectivity index (χ2n) is 9.67. The van der Waals surface area contributed by atoms with Crippen molar-refractivity contribution in [1.82, 2.24) is 0 Å². The molecule has 43 heavy (non-hydrogen) atoms. The van der Waals surface area contributed by atoms with Crippen LogP contribution in [0.25, 0.3) is 58.5 Å². The minimum Gasteiger partial charge on any atom is -0.224 e. The third-order valence-electron chi connectivity index (χ3n) is 6.95. The SMILES string of the molecule is O=S1(=O)CCS(=O)(=O)c2c(-c3ccc(-c4ccc(-c5cccs5)s4)s3)sc(-c3ccc(-c4ccc(-c5cccs5)s4)s3)c21. The van der Waals surface area contributed by atoms with E-state index in [2.05, 4.69) is 47.2 Å². The van der Waals surface area contributed by atoms with E-state index in [0.717, 1.165) is 29.3 Å². The van der Waals surface area contributed by atoms with E-state index >= 15 is 0 Å². The smallest absolute Gasteiger partial charge is 0.182 e. The topological polar surface area (TPSA) is 68.3 Å². The zero-order valence-corrected chi connectivity index (χ0v) is 29.2. The molecule has 0 saturated carbocycles. The summed E-state index contributed by atoms with van der Waals surface area (Å²) >= 11 is 11.1. The van der Waals surface area contributed by atoms with Gasteiger partial charge in [-0.15, -0.1) is 79.4 Å². The molecular formula is C30H18O4S9. The Hall–Kier alpha value is -2.20. The van der Waals surface area contributed by atoms with Crippen LogP contribution in [0.15, 0.2) is 93.3 Å². The normalized spacial score (nSPS) is 15.5. The van der Waals surface area contributed by atoms with Crippen molar-refractivity contribution >= 4 is 99.0 Å². The predicted molar refractivity (Wildman–Crippen MR) is 188 cm³/mol. The summed E-state index contributed by atoms with van der Waals surface area (Å²) < 4.78 is 54.0. The van der Waals surface area contributed by atoms with Gasteiger partial charge < -0.3 is 0 Å². The van der Waals surface area contributed by atoms with Gasteiger partial charge in [0.25, 0.3) is 0 Å². The molecule has 0 amide bonds. The second kappa shape index (κ2) is 10.7. The Morgan fingerprint density at radius 1 is 0.395 bits per heavy atom. The van der Waals surface area contributed by atoms with Crippen LogP contribution in [-0.2, 0) is 19.7 Å². The maximum atomic E-state index is 13.5. The van der Waals surface area contributed by atoms with Gasteiger partial charge in [0.05, 0.1) is 21.3 Å². The Balaban J connectivity index is 1.22. The molecule has 8 heterocycles. The first kappa shape index (κ1) is 28.3. The highest BCUT2D eigenvalue weighted by molar-refractivity contribution is 7.98. The average Bonchev–Trinajstić information content (AvgIpc) is 3.82. The summed E-state index contributed by atoms with van der Waals surface area (Å²) in [4.78, 5) is 11.6. The van der Waals surface area contributed by atoms with Gasteiger partial charge in [-0.25, -0.2) is 16.8 Å². The molecule has 7 aromatic heterocycles. The molecule has 8 rings (SSSR count). The lowest BCUT2D eigenvalue weighted by atomic mass is 10.3. The molecule has 0 fully saturated rings. The first-order chi connectivity index (χ1) is 20.8. The van der Waals surface area contributed by atoms with Crippen molar-refractivity contribution in [1.29, 1.82) is 0 Å². The molecule has 0 saturated heterocycles. The average molecular weight is 731 g/mol. The summed E-state index contributed by atoms with van der Waals surface area (Å²) in [5.41, 5.74) is 0. The largest absolute Gasteiger partial charge is 0.224 e. The second-order valence-corrected chi connectivity index (χ2v) is 21.0. The van der Waals surface area contributed by atoms with Gasteiger partial charge in [0.1, 0.15) is 9.79 Å². The molecule has 1 aliphatic rings. The van der Waals surface area contributed by atoms with Crippen LogP contribution in [0.4, 0.5) is 0 Å². The fourth-order valence-electron chi connectivity index (χ4n) is 4.94. The third kappa shape index (κ3) is 4.99. The Morgan fingerprint density at radius 3 is 1.07 bits per heavy atom. The molecule has 0 unspecified atom stereocenters. The number of sulfone groups is 2. The van der Waals surface area contributed by atoms with Crippen molar-refractivity contribution in [3.05, 3.63) is 83.6 Å².